The maximum absolute atomic E-state index is 12.2. The number of anilines is 1. The first kappa shape index (κ1) is 16.1. The summed E-state index contributed by atoms with van der Waals surface area (Å²) in [5, 5.41) is 12.6. The van der Waals surface area contributed by atoms with Crippen molar-refractivity contribution in [2.75, 3.05) is 5.32 Å². The molecule has 2 rings (SSSR count). The van der Waals surface area contributed by atoms with Gasteiger partial charge in [-0.25, -0.2) is 0 Å². The van der Waals surface area contributed by atoms with Crippen LogP contribution in [0.15, 0.2) is 6.07 Å². The van der Waals surface area contributed by atoms with E-state index in [1.807, 2.05) is 6.07 Å². The Bertz CT molecular complexity index is 604. The summed E-state index contributed by atoms with van der Waals surface area (Å²) in [5.74, 6) is -0.0842. The van der Waals surface area contributed by atoms with E-state index in [1.165, 1.54) is 46.0 Å². The molecule has 0 saturated heterocycles. The van der Waals surface area contributed by atoms with E-state index in [-0.39, 0.29) is 5.91 Å². The van der Waals surface area contributed by atoms with Gasteiger partial charge in [0.15, 0.2) is 0 Å². The summed E-state index contributed by atoms with van der Waals surface area (Å²) in [5.41, 5.74) is 1.24. The highest BCUT2D eigenvalue weighted by Crippen LogP contribution is 2.24. The number of nitrogens with one attached hydrogen (secondary N) is 1. The van der Waals surface area contributed by atoms with E-state index < -0.39 is 0 Å². The lowest BCUT2D eigenvalue weighted by molar-refractivity contribution is 0.103. The van der Waals surface area contributed by atoms with Crippen LogP contribution in [0.2, 0.25) is 0 Å². The molecule has 21 heavy (non-hydrogen) atoms. The number of unbranched alkanes of at least 4 members (excludes halogenated alkanes) is 2. The van der Waals surface area contributed by atoms with E-state index in [4.69, 9.17) is 0 Å². The van der Waals surface area contributed by atoms with Crippen LogP contribution in [0.3, 0.4) is 0 Å². The van der Waals surface area contributed by atoms with E-state index >= 15 is 0 Å². The van der Waals surface area contributed by atoms with E-state index in [1.54, 1.807) is 0 Å². The zero-order valence-electron chi connectivity index (χ0n) is 12.7. The predicted molar refractivity (Wildman–Crippen MR) is 89.5 cm³/mol. The fourth-order valence-electron chi connectivity index (χ4n) is 2.07. The Morgan fingerprint density at radius 2 is 2.05 bits per heavy atom. The molecule has 1 N–H and O–H groups in total. The van der Waals surface area contributed by atoms with Gasteiger partial charge in [0.25, 0.3) is 5.91 Å². The van der Waals surface area contributed by atoms with Crippen LogP contribution >= 0.6 is 22.7 Å². The largest absolute Gasteiger partial charge is 0.296 e. The molecule has 0 aliphatic carbocycles. The molecule has 0 aliphatic rings. The lowest BCUT2D eigenvalue weighted by Gasteiger charge is -1.96. The fourth-order valence-corrected chi connectivity index (χ4v) is 3.86. The number of thiophene rings is 1. The van der Waals surface area contributed by atoms with Gasteiger partial charge in [-0.2, -0.15) is 0 Å². The van der Waals surface area contributed by atoms with Crippen molar-refractivity contribution in [3.8, 4) is 0 Å². The molecule has 0 saturated carbocycles. The third-order valence-electron chi connectivity index (χ3n) is 3.31. The van der Waals surface area contributed by atoms with Gasteiger partial charge in [-0.15, -0.1) is 21.5 Å². The second-order valence-electron chi connectivity index (χ2n) is 4.96. The smallest absolute Gasteiger partial charge is 0.267 e. The van der Waals surface area contributed by atoms with Gasteiger partial charge in [0, 0.05) is 11.3 Å². The van der Waals surface area contributed by atoms with Crippen molar-refractivity contribution < 1.29 is 4.79 Å². The Labute approximate surface area is 133 Å². The molecular formula is C15H21N3OS2. The number of carbonyl (C=O) groups is 1. The van der Waals surface area contributed by atoms with Crippen LogP contribution in [-0.2, 0) is 12.8 Å². The van der Waals surface area contributed by atoms with Crippen molar-refractivity contribution in [3.05, 3.63) is 26.4 Å². The lowest BCUT2D eigenvalue weighted by atomic mass is 10.2. The number of carbonyl (C=O) groups excluding carboxylic acids is 1. The number of aryl methyl sites for hydroxylation is 3. The molecule has 0 unspecified atom stereocenters. The maximum atomic E-state index is 12.2. The topological polar surface area (TPSA) is 54.9 Å². The molecule has 0 bridgehead atoms. The highest BCUT2D eigenvalue weighted by Gasteiger charge is 2.14. The summed E-state index contributed by atoms with van der Waals surface area (Å²) in [4.78, 5) is 14.2. The van der Waals surface area contributed by atoms with Crippen LogP contribution in [0, 0.1) is 6.92 Å². The Morgan fingerprint density at radius 3 is 2.71 bits per heavy atom. The van der Waals surface area contributed by atoms with Gasteiger partial charge in [-0.3, -0.25) is 10.1 Å². The second-order valence-corrected chi connectivity index (χ2v) is 7.28. The monoisotopic (exact) mass is 323 g/mol. The van der Waals surface area contributed by atoms with Crippen molar-refractivity contribution in [3.63, 3.8) is 0 Å². The third-order valence-corrected chi connectivity index (χ3v) is 5.30. The van der Waals surface area contributed by atoms with Crippen LogP contribution in [0.5, 0.6) is 0 Å². The molecule has 4 nitrogen and oxygen atoms in total. The molecule has 0 spiro atoms. The molecule has 2 aromatic heterocycles. The zero-order chi connectivity index (χ0) is 15.2. The number of aromatic nitrogens is 2. The number of amides is 1. The molecule has 0 fully saturated rings. The summed E-state index contributed by atoms with van der Waals surface area (Å²) in [6.45, 7) is 6.33. The van der Waals surface area contributed by atoms with Crippen LogP contribution in [0.25, 0.3) is 0 Å². The summed E-state index contributed by atoms with van der Waals surface area (Å²) in [7, 11) is 0. The normalized spacial score (nSPS) is 10.8. The minimum Gasteiger partial charge on any atom is -0.296 e. The molecular weight excluding hydrogens is 302 g/mol. The van der Waals surface area contributed by atoms with Crippen molar-refractivity contribution in [1.29, 1.82) is 0 Å². The lowest BCUT2D eigenvalue weighted by Crippen LogP contribution is -2.09. The quantitative estimate of drug-likeness (QED) is 0.766. The fraction of sp³-hybridized carbons (Fsp3) is 0.533. The Kier molecular flexibility index (Phi) is 5.87. The number of rotatable bonds is 7. The third kappa shape index (κ3) is 4.35. The first-order valence-electron chi connectivity index (χ1n) is 7.37. The summed E-state index contributed by atoms with van der Waals surface area (Å²) in [6.07, 6.45) is 5.42. The zero-order valence-corrected chi connectivity index (χ0v) is 14.4. The van der Waals surface area contributed by atoms with Gasteiger partial charge < -0.3 is 0 Å². The Hall–Kier alpha value is -1.27. The van der Waals surface area contributed by atoms with Gasteiger partial charge in [0.1, 0.15) is 5.01 Å². The SMILES string of the molecule is CCCCCc1nnc(NC(=O)c2cc(CC)c(C)s2)s1. The molecule has 2 heterocycles. The molecule has 0 radical (unpaired) electrons. The minimum absolute atomic E-state index is 0.0842. The predicted octanol–water partition coefficient (Wildman–Crippen LogP) is 4.46. The molecule has 0 aliphatic heterocycles. The standard InChI is InChI=1S/C15H21N3OS2/c1-4-6-7-8-13-17-18-15(21-13)16-14(19)12-9-11(5-2)10(3)20-12/h9H,4-8H2,1-3H3,(H,16,18,19). The van der Waals surface area contributed by atoms with Crippen LogP contribution in [-0.4, -0.2) is 16.1 Å². The molecule has 2 aromatic rings. The van der Waals surface area contributed by atoms with Gasteiger partial charge in [0.05, 0.1) is 4.88 Å². The van der Waals surface area contributed by atoms with Crippen molar-refractivity contribution in [2.45, 2.75) is 52.9 Å². The molecule has 0 aromatic carbocycles. The second kappa shape index (κ2) is 7.66. The molecule has 0 atom stereocenters. The maximum Gasteiger partial charge on any atom is 0.267 e. The summed E-state index contributed by atoms with van der Waals surface area (Å²) < 4.78 is 0. The van der Waals surface area contributed by atoms with Gasteiger partial charge >= 0.3 is 0 Å². The van der Waals surface area contributed by atoms with Crippen LogP contribution in [0.4, 0.5) is 5.13 Å². The van der Waals surface area contributed by atoms with Gasteiger partial charge in [-0.1, -0.05) is 38.0 Å². The Morgan fingerprint density at radius 1 is 1.24 bits per heavy atom. The van der Waals surface area contributed by atoms with E-state index in [2.05, 4.69) is 36.3 Å². The van der Waals surface area contributed by atoms with Gasteiger partial charge in [0.2, 0.25) is 5.13 Å². The average molecular weight is 323 g/mol. The first-order chi connectivity index (χ1) is 10.1. The first-order valence-corrected chi connectivity index (χ1v) is 9.00. The summed E-state index contributed by atoms with van der Waals surface area (Å²) in [6, 6.07) is 1.97. The van der Waals surface area contributed by atoms with Crippen molar-refractivity contribution in [1.82, 2.24) is 10.2 Å². The van der Waals surface area contributed by atoms with E-state index in [9.17, 15) is 4.79 Å². The van der Waals surface area contributed by atoms with Crippen molar-refractivity contribution in [2.24, 2.45) is 0 Å². The van der Waals surface area contributed by atoms with Crippen LogP contribution < -0.4 is 5.32 Å². The van der Waals surface area contributed by atoms with Crippen molar-refractivity contribution >= 4 is 33.7 Å². The molecule has 114 valence electrons. The van der Waals surface area contributed by atoms with Crippen LogP contribution in [0.1, 0.15) is 58.2 Å². The van der Waals surface area contributed by atoms with E-state index in [0.717, 1.165) is 29.1 Å². The summed E-state index contributed by atoms with van der Waals surface area (Å²) >= 11 is 3.01. The highest BCUT2D eigenvalue weighted by atomic mass is 32.1. The minimum atomic E-state index is -0.0842. The van der Waals surface area contributed by atoms with Gasteiger partial charge in [-0.05, 0) is 31.4 Å². The highest BCUT2D eigenvalue weighted by molar-refractivity contribution is 7.16. The average Bonchev–Trinajstić information content (AvgIpc) is 3.05. The molecule has 1 amide bonds. The number of hydrogen-bond donors (Lipinski definition) is 1. The Balaban J connectivity index is 1.95. The number of nitrogens with zero attached hydrogens (tertiary/aromatic N) is 2. The van der Waals surface area contributed by atoms with E-state index in [0.29, 0.717) is 5.13 Å². The number of hydrogen-bond acceptors (Lipinski definition) is 5. The molecule has 6 heteroatoms.